The van der Waals surface area contributed by atoms with Crippen molar-refractivity contribution in [2.45, 2.75) is 6.92 Å². The molecule has 0 aliphatic carbocycles. The minimum atomic E-state index is -0.695. The number of nitrogens with one attached hydrogen (secondary N) is 1. The third kappa shape index (κ3) is 4.09. The Morgan fingerprint density at radius 1 is 1.28 bits per heavy atom. The topological polar surface area (TPSA) is 94.2 Å². The molecule has 2 rings (SSSR count). The predicted octanol–water partition coefficient (Wildman–Crippen LogP) is 1.45. The lowest BCUT2D eigenvalue weighted by Crippen LogP contribution is -2.37. The summed E-state index contributed by atoms with van der Waals surface area (Å²) in [5.74, 6) is -0.408. The maximum atomic E-state index is 12.3. The standard InChI is InChI=1S/C17H20N2O6/c1-4-5-11-8-12(9-13(23-2)15(11)24-3)16(21)25-10-14(20)19-7-6-18-17(19)22/h4-5,8-9H,6-7,10H2,1-3H3,(H,18,22)/b5-4+. The number of esters is 1. The van der Waals surface area contributed by atoms with E-state index >= 15 is 0 Å². The zero-order valence-electron chi connectivity index (χ0n) is 14.3. The van der Waals surface area contributed by atoms with Gasteiger partial charge in [0, 0.05) is 18.7 Å². The quantitative estimate of drug-likeness (QED) is 0.782. The normalized spacial score (nSPS) is 13.7. The van der Waals surface area contributed by atoms with Crippen LogP contribution in [0.2, 0.25) is 0 Å². The van der Waals surface area contributed by atoms with E-state index in [0.29, 0.717) is 23.6 Å². The average molecular weight is 348 g/mol. The summed E-state index contributed by atoms with van der Waals surface area (Å²) in [6, 6.07) is 2.57. The van der Waals surface area contributed by atoms with Gasteiger partial charge in [-0.2, -0.15) is 0 Å². The molecule has 0 bridgehead atoms. The van der Waals surface area contributed by atoms with Crippen LogP contribution in [-0.4, -0.2) is 56.7 Å². The molecule has 0 aromatic heterocycles. The number of hydrogen-bond donors (Lipinski definition) is 1. The number of methoxy groups -OCH3 is 2. The van der Waals surface area contributed by atoms with E-state index < -0.39 is 24.5 Å². The van der Waals surface area contributed by atoms with Gasteiger partial charge in [0.1, 0.15) is 0 Å². The third-order valence-corrected chi connectivity index (χ3v) is 3.57. The van der Waals surface area contributed by atoms with E-state index in [1.165, 1.54) is 20.3 Å². The number of amides is 3. The molecule has 8 heteroatoms. The van der Waals surface area contributed by atoms with Gasteiger partial charge in [0.25, 0.3) is 5.91 Å². The van der Waals surface area contributed by atoms with Gasteiger partial charge in [-0.3, -0.25) is 9.69 Å². The molecule has 1 aromatic rings. The highest BCUT2D eigenvalue weighted by Crippen LogP contribution is 2.33. The summed E-state index contributed by atoms with van der Waals surface area (Å²) in [5.41, 5.74) is 0.853. The van der Waals surface area contributed by atoms with Crippen LogP contribution in [0.25, 0.3) is 6.08 Å². The Morgan fingerprint density at radius 2 is 2.04 bits per heavy atom. The van der Waals surface area contributed by atoms with Gasteiger partial charge in [-0.15, -0.1) is 0 Å². The number of benzene rings is 1. The van der Waals surface area contributed by atoms with Gasteiger partial charge in [0.05, 0.1) is 19.8 Å². The van der Waals surface area contributed by atoms with Crippen LogP contribution in [0.4, 0.5) is 4.79 Å². The molecule has 25 heavy (non-hydrogen) atoms. The second kappa shape index (κ2) is 8.18. The zero-order chi connectivity index (χ0) is 18.4. The molecule has 134 valence electrons. The first kappa shape index (κ1) is 18.3. The van der Waals surface area contributed by atoms with Crippen LogP contribution in [0.1, 0.15) is 22.8 Å². The van der Waals surface area contributed by atoms with Gasteiger partial charge in [0.2, 0.25) is 0 Å². The van der Waals surface area contributed by atoms with E-state index in [4.69, 9.17) is 14.2 Å². The van der Waals surface area contributed by atoms with Crippen molar-refractivity contribution in [3.8, 4) is 11.5 Å². The number of imide groups is 1. The summed E-state index contributed by atoms with van der Waals surface area (Å²) in [5, 5.41) is 2.51. The molecule has 1 aromatic carbocycles. The lowest BCUT2D eigenvalue weighted by Gasteiger charge is -2.14. The number of carbonyl (C=O) groups is 3. The fourth-order valence-corrected chi connectivity index (χ4v) is 2.41. The van der Waals surface area contributed by atoms with Crippen molar-refractivity contribution in [2.75, 3.05) is 33.9 Å². The summed E-state index contributed by atoms with van der Waals surface area (Å²) < 4.78 is 15.6. The summed E-state index contributed by atoms with van der Waals surface area (Å²) in [7, 11) is 2.96. The van der Waals surface area contributed by atoms with E-state index in [1.807, 2.05) is 6.92 Å². The average Bonchev–Trinajstić information content (AvgIpc) is 3.04. The molecule has 1 N–H and O–H groups in total. The predicted molar refractivity (Wildman–Crippen MR) is 89.6 cm³/mol. The minimum Gasteiger partial charge on any atom is -0.493 e. The first-order chi connectivity index (χ1) is 12.0. The van der Waals surface area contributed by atoms with Gasteiger partial charge in [-0.05, 0) is 19.1 Å². The van der Waals surface area contributed by atoms with Crippen LogP contribution in [0.3, 0.4) is 0 Å². The van der Waals surface area contributed by atoms with Crippen LogP contribution in [0.5, 0.6) is 11.5 Å². The molecule has 8 nitrogen and oxygen atoms in total. The van der Waals surface area contributed by atoms with Crippen LogP contribution < -0.4 is 14.8 Å². The SMILES string of the molecule is C/C=C/c1cc(C(=O)OCC(=O)N2CCNC2=O)cc(OC)c1OC. The highest BCUT2D eigenvalue weighted by atomic mass is 16.5. The first-order valence-electron chi connectivity index (χ1n) is 7.65. The summed E-state index contributed by atoms with van der Waals surface area (Å²) in [6.07, 6.45) is 3.56. The van der Waals surface area contributed by atoms with Gasteiger partial charge in [-0.25, -0.2) is 9.59 Å². The van der Waals surface area contributed by atoms with Crippen molar-refractivity contribution >= 4 is 24.0 Å². The summed E-state index contributed by atoms with van der Waals surface area (Å²) in [4.78, 5) is 36.6. The van der Waals surface area contributed by atoms with Crippen molar-refractivity contribution in [1.29, 1.82) is 0 Å². The van der Waals surface area contributed by atoms with E-state index in [2.05, 4.69) is 5.32 Å². The smallest absolute Gasteiger partial charge is 0.338 e. The van der Waals surface area contributed by atoms with Crippen LogP contribution in [0, 0.1) is 0 Å². The molecule has 0 unspecified atom stereocenters. The Bertz CT molecular complexity index is 713. The fourth-order valence-electron chi connectivity index (χ4n) is 2.41. The summed E-state index contributed by atoms with van der Waals surface area (Å²) in [6.45, 7) is 1.97. The lowest BCUT2D eigenvalue weighted by molar-refractivity contribution is -0.130. The fraction of sp³-hybridized carbons (Fsp3) is 0.353. The monoisotopic (exact) mass is 348 g/mol. The Labute approximate surface area is 145 Å². The van der Waals surface area contributed by atoms with Gasteiger partial charge < -0.3 is 19.5 Å². The van der Waals surface area contributed by atoms with Crippen molar-refractivity contribution < 1.29 is 28.6 Å². The van der Waals surface area contributed by atoms with E-state index in [1.54, 1.807) is 18.2 Å². The molecule has 3 amide bonds. The number of carbonyl (C=O) groups excluding carboxylic acids is 3. The van der Waals surface area contributed by atoms with Crippen molar-refractivity contribution in [1.82, 2.24) is 10.2 Å². The molecule has 1 saturated heterocycles. The first-order valence-corrected chi connectivity index (χ1v) is 7.65. The van der Waals surface area contributed by atoms with Crippen molar-refractivity contribution in [3.05, 3.63) is 29.3 Å². The summed E-state index contributed by atoms with van der Waals surface area (Å²) >= 11 is 0. The molecule has 0 radical (unpaired) electrons. The number of hydrogen-bond acceptors (Lipinski definition) is 6. The van der Waals surface area contributed by atoms with Crippen LogP contribution >= 0.6 is 0 Å². The maximum absolute atomic E-state index is 12.3. The Balaban J connectivity index is 2.14. The highest BCUT2D eigenvalue weighted by molar-refractivity contribution is 5.98. The number of urea groups is 1. The number of rotatable bonds is 6. The number of allylic oxidation sites excluding steroid dienone is 1. The van der Waals surface area contributed by atoms with Crippen LogP contribution in [0.15, 0.2) is 18.2 Å². The molecular formula is C17H20N2O6. The van der Waals surface area contributed by atoms with Crippen molar-refractivity contribution in [3.63, 3.8) is 0 Å². The lowest BCUT2D eigenvalue weighted by atomic mass is 10.1. The minimum absolute atomic E-state index is 0.212. The Hall–Kier alpha value is -3.03. The van der Waals surface area contributed by atoms with Gasteiger partial charge in [0.15, 0.2) is 18.1 Å². The molecule has 0 saturated carbocycles. The molecule has 1 heterocycles. The largest absolute Gasteiger partial charge is 0.493 e. The van der Waals surface area contributed by atoms with Gasteiger partial charge >= 0.3 is 12.0 Å². The van der Waals surface area contributed by atoms with E-state index in [0.717, 1.165) is 4.90 Å². The van der Waals surface area contributed by atoms with E-state index in [-0.39, 0.29) is 12.1 Å². The maximum Gasteiger partial charge on any atom is 0.338 e. The van der Waals surface area contributed by atoms with Crippen molar-refractivity contribution in [2.24, 2.45) is 0 Å². The van der Waals surface area contributed by atoms with Crippen LogP contribution in [-0.2, 0) is 9.53 Å². The zero-order valence-corrected chi connectivity index (χ0v) is 14.3. The second-order valence-electron chi connectivity index (χ2n) is 5.15. The molecule has 0 spiro atoms. The molecule has 1 aliphatic rings. The van der Waals surface area contributed by atoms with E-state index in [9.17, 15) is 14.4 Å². The number of ether oxygens (including phenoxy) is 3. The molecule has 1 fully saturated rings. The van der Waals surface area contributed by atoms with Gasteiger partial charge in [-0.1, -0.05) is 12.2 Å². The highest BCUT2D eigenvalue weighted by Gasteiger charge is 2.27. The Morgan fingerprint density at radius 3 is 2.60 bits per heavy atom. The number of nitrogens with zero attached hydrogens (tertiary/aromatic N) is 1. The molecule has 0 atom stereocenters. The Kier molecular flexibility index (Phi) is 5.99. The molecule has 1 aliphatic heterocycles. The molecular weight excluding hydrogens is 328 g/mol. The third-order valence-electron chi connectivity index (χ3n) is 3.57. The second-order valence-corrected chi connectivity index (χ2v) is 5.15.